The van der Waals surface area contributed by atoms with Gasteiger partial charge in [0.1, 0.15) is 0 Å². The van der Waals surface area contributed by atoms with Gasteiger partial charge in [-0.1, -0.05) is 6.07 Å². The summed E-state index contributed by atoms with van der Waals surface area (Å²) >= 11 is 0. The van der Waals surface area contributed by atoms with Crippen molar-refractivity contribution in [2.24, 2.45) is 0 Å². The molecule has 1 N–H and O–H groups in total. The third-order valence-corrected chi connectivity index (χ3v) is 2.43. The quantitative estimate of drug-likeness (QED) is 0.905. The minimum Gasteiger partial charge on any atom is -0.493 e. The fraction of sp³-hybridized carbons (Fsp3) is 0.154. The van der Waals surface area contributed by atoms with Crippen molar-refractivity contribution in [2.75, 3.05) is 12.4 Å². The van der Waals surface area contributed by atoms with Crippen LogP contribution in [0.5, 0.6) is 5.75 Å². The first kappa shape index (κ1) is 12.3. The highest BCUT2D eigenvalue weighted by atomic mass is 19.2. The maximum Gasteiger partial charge on any atom is 0.168 e. The number of nitrogens with one attached hydrogen (secondary N) is 1. The van der Waals surface area contributed by atoms with Crippen LogP contribution in [0.2, 0.25) is 0 Å². The van der Waals surface area contributed by atoms with Crippen LogP contribution < -0.4 is 10.1 Å². The molecule has 1 aromatic heterocycles. The van der Waals surface area contributed by atoms with E-state index in [9.17, 15) is 8.78 Å². The Labute approximate surface area is 103 Å². The van der Waals surface area contributed by atoms with Crippen molar-refractivity contribution in [1.82, 2.24) is 4.98 Å². The van der Waals surface area contributed by atoms with Gasteiger partial charge >= 0.3 is 0 Å². The second kappa shape index (κ2) is 5.44. The first-order valence-electron chi connectivity index (χ1n) is 5.37. The molecule has 0 radical (unpaired) electrons. The van der Waals surface area contributed by atoms with Gasteiger partial charge in [0, 0.05) is 12.7 Å². The lowest BCUT2D eigenvalue weighted by Crippen LogP contribution is -2.03. The molecule has 0 aliphatic rings. The fourth-order valence-electron chi connectivity index (χ4n) is 1.52. The number of methoxy groups -OCH3 is 1. The van der Waals surface area contributed by atoms with Crippen LogP contribution in [0.25, 0.3) is 0 Å². The van der Waals surface area contributed by atoms with Crippen LogP contribution in [-0.4, -0.2) is 12.1 Å². The Morgan fingerprint density at radius 1 is 1.22 bits per heavy atom. The van der Waals surface area contributed by atoms with Crippen molar-refractivity contribution >= 4 is 5.82 Å². The van der Waals surface area contributed by atoms with E-state index in [0.29, 0.717) is 23.7 Å². The van der Waals surface area contributed by atoms with Crippen molar-refractivity contribution in [2.45, 2.75) is 6.54 Å². The molecule has 0 unspecified atom stereocenters. The lowest BCUT2D eigenvalue weighted by Gasteiger charge is -2.09. The summed E-state index contributed by atoms with van der Waals surface area (Å²) in [6.45, 7) is 0.338. The molecule has 0 bridgehead atoms. The monoisotopic (exact) mass is 250 g/mol. The SMILES string of the molecule is COc1cccnc1NCc1ccc(F)c(F)c1. The number of halogens is 2. The number of hydrogen-bond donors (Lipinski definition) is 1. The van der Waals surface area contributed by atoms with Gasteiger partial charge in [-0.2, -0.15) is 0 Å². The predicted molar refractivity (Wildman–Crippen MR) is 64.5 cm³/mol. The van der Waals surface area contributed by atoms with Crippen molar-refractivity contribution < 1.29 is 13.5 Å². The minimum atomic E-state index is -0.859. The van der Waals surface area contributed by atoms with Crippen molar-refractivity contribution in [3.63, 3.8) is 0 Å². The summed E-state index contributed by atoms with van der Waals surface area (Å²) in [5.41, 5.74) is 0.626. The number of pyridine rings is 1. The zero-order valence-electron chi connectivity index (χ0n) is 9.78. The molecular formula is C13H12F2N2O. The van der Waals surface area contributed by atoms with E-state index in [1.54, 1.807) is 25.4 Å². The molecule has 2 aromatic rings. The van der Waals surface area contributed by atoms with Gasteiger partial charge in [-0.3, -0.25) is 0 Å². The number of aromatic nitrogens is 1. The van der Waals surface area contributed by atoms with Crippen molar-refractivity contribution in [1.29, 1.82) is 0 Å². The maximum absolute atomic E-state index is 13.0. The van der Waals surface area contributed by atoms with Gasteiger partial charge in [0.05, 0.1) is 7.11 Å². The number of rotatable bonds is 4. The molecule has 0 saturated carbocycles. The van der Waals surface area contributed by atoms with E-state index in [-0.39, 0.29) is 0 Å². The fourth-order valence-corrected chi connectivity index (χ4v) is 1.52. The zero-order chi connectivity index (χ0) is 13.0. The molecule has 1 heterocycles. The van der Waals surface area contributed by atoms with Crippen LogP contribution >= 0.6 is 0 Å². The van der Waals surface area contributed by atoms with E-state index < -0.39 is 11.6 Å². The molecule has 94 valence electrons. The molecule has 0 amide bonds. The minimum absolute atomic E-state index is 0.338. The Kier molecular flexibility index (Phi) is 3.72. The highest BCUT2D eigenvalue weighted by Gasteiger charge is 2.05. The van der Waals surface area contributed by atoms with Gasteiger partial charge in [0.25, 0.3) is 0 Å². The van der Waals surface area contributed by atoms with Crippen LogP contribution in [0, 0.1) is 11.6 Å². The number of anilines is 1. The average Bonchev–Trinajstić information content (AvgIpc) is 2.40. The van der Waals surface area contributed by atoms with Gasteiger partial charge in [-0.25, -0.2) is 13.8 Å². The molecular weight excluding hydrogens is 238 g/mol. The summed E-state index contributed by atoms with van der Waals surface area (Å²) in [4.78, 5) is 4.10. The smallest absolute Gasteiger partial charge is 0.168 e. The van der Waals surface area contributed by atoms with E-state index in [1.807, 2.05) is 0 Å². The number of ether oxygens (including phenoxy) is 1. The molecule has 5 heteroatoms. The second-order valence-corrected chi connectivity index (χ2v) is 3.66. The van der Waals surface area contributed by atoms with Gasteiger partial charge in [0.15, 0.2) is 23.2 Å². The summed E-state index contributed by atoms with van der Waals surface area (Å²) < 4.78 is 30.9. The Morgan fingerprint density at radius 2 is 2.06 bits per heavy atom. The number of benzene rings is 1. The van der Waals surface area contributed by atoms with E-state index in [4.69, 9.17) is 4.74 Å². The lowest BCUT2D eigenvalue weighted by atomic mass is 10.2. The third kappa shape index (κ3) is 2.74. The summed E-state index contributed by atoms with van der Waals surface area (Å²) in [6, 6.07) is 7.28. The Bertz CT molecular complexity index is 546. The van der Waals surface area contributed by atoms with E-state index in [0.717, 1.165) is 12.1 Å². The first-order valence-corrected chi connectivity index (χ1v) is 5.37. The topological polar surface area (TPSA) is 34.1 Å². The summed E-state index contributed by atoms with van der Waals surface area (Å²) in [5.74, 6) is -0.554. The second-order valence-electron chi connectivity index (χ2n) is 3.66. The van der Waals surface area contributed by atoms with Crippen LogP contribution in [0.3, 0.4) is 0 Å². The van der Waals surface area contributed by atoms with E-state index in [2.05, 4.69) is 10.3 Å². The van der Waals surface area contributed by atoms with Crippen molar-refractivity contribution in [3.05, 3.63) is 53.7 Å². The predicted octanol–water partition coefficient (Wildman–Crippen LogP) is 2.98. The Hall–Kier alpha value is -2.17. The maximum atomic E-state index is 13.0. The van der Waals surface area contributed by atoms with Crippen molar-refractivity contribution in [3.8, 4) is 5.75 Å². The largest absolute Gasteiger partial charge is 0.493 e. The standard InChI is InChI=1S/C13H12F2N2O/c1-18-12-3-2-6-16-13(12)17-8-9-4-5-10(14)11(15)7-9/h2-7H,8H2,1H3,(H,16,17). The summed E-state index contributed by atoms with van der Waals surface area (Å²) in [6.07, 6.45) is 1.62. The lowest BCUT2D eigenvalue weighted by molar-refractivity contribution is 0.415. The molecule has 18 heavy (non-hydrogen) atoms. The normalized spacial score (nSPS) is 10.2. The molecule has 3 nitrogen and oxygen atoms in total. The third-order valence-electron chi connectivity index (χ3n) is 2.43. The first-order chi connectivity index (χ1) is 8.70. The van der Waals surface area contributed by atoms with E-state index in [1.165, 1.54) is 6.07 Å². The number of nitrogens with zero attached hydrogens (tertiary/aromatic N) is 1. The molecule has 0 spiro atoms. The average molecular weight is 250 g/mol. The molecule has 2 rings (SSSR count). The molecule has 0 atom stereocenters. The van der Waals surface area contributed by atoms with Crippen LogP contribution in [0.4, 0.5) is 14.6 Å². The Morgan fingerprint density at radius 3 is 2.78 bits per heavy atom. The van der Waals surface area contributed by atoms with Gasteiger partial charge in [-0.15, -0.1) is 0 Å². The number of hydrogen-bond acceptors (Lipinski definition) is 3. The van der Waals surface area contributed by atoms with Gasteiger partial charge < -0.3 is 10.1 Å². The van der Waals surface area contributed by atoms with Gasteiger partial charge in [0.2, 0.25) is 0 Å². The van der Waals surface area contributed by atoms with Gasteiger partial charge in [-0.05, 0) is 29.8 Å². The van der Waals surface area contributed by atoms with E-state index >= 15 is 0 Å². The molecule has 1 aromatic carbocycles. The molecule has 0 aliphatic carbocycles. The highest BCUT2D eigenvalue weighted by Crippen LogP contribution is 2.20. The molecule has 0 saturated heterocycles. The van der Waals surface area contributed by atoms with Crippen LogP contribution in [-0.2, 0) is 6.54 Å². The molecule has 0 fully saturated rings. The summed E-state index contributed by atoms with van der Waals surface area (Å²) in [7, 11) is 1.54. The Balaban J connectivity index is 2.09. The highest BCUT2D eigenvalue weighted by molar-refractivity contribution is 5.49. The zero-order valence-corrected chi connectivity index (χ0v) is 9.78. The molecule has 0 aliphatic heterocycles. The van der Waals surface area contributed by atoms with Crippen LogP contribution in [0.1, 0.15) is 5.56 Å². The summed E-state index contributed by atoms with van der Waals surface area (Å²) in [5, 5.41) is 3.00. The van der Waals surface area contributed by atoms with Crippen LogP contribution in [0.15, 0.2) is 36.5 Å².